The Morgan fingerprint density at radius 1 is 1.23 bits per heavy atom. The van der Waals surface area contributed by atoms with Crippen molar-refractivity contribution < 1.29 is 0 Å². The highest BCUT2D eigenvalue weighted by Gasteiger charge is 2.09. The molecule has 3 aromatic rings. The fourth-order valence-electron chi connectivity index (χ4n) is 2.40. The third-order valence-corrected chi connectivity index (χ3v) is 3.56. The first-order valence-corrected chi connectivity index (χ1v) is 7.09. The van der Waals surface area contributed by atoms with Gasteiger partial charge in [0.2, 0.25) is 0 Å². The molecule has 110 valence electrons. The van der Waals surface area contributed by atoms with Crippen molar-refractivity contribution in [3.63, 3.8) is 0 Å². The average Bonchev–Trinajstić information content (AvgIpc) is 2.94. The molecule has 22 heavy (non-hydrogen) atoms. The average molecular weight is 292 g/mol. The minimum atomic E-state index is -0.0575. The molecule has 1 aromatic carbocycles. The van der Waals surface area contributed by atoms with Crippen molar-refractivity contribution in [2.45, 2.75) is 13.3 Å². The molecule has 0 fully saturated rings. The molecule has 0 N–H and O–H groups in total. The van der Waals surface area contributed by atoms with Crippen LogP contribution in [0.15, 0.2) is 35.4 Å². The summed E-state index contributed by atoms with van der Waals surface area (Å²) in [7, 11) is 3.59. The largest absolute Gasteiger partial charge is 0.299 e. The molecule has 0 aliphatic rings. The number of hydrogen-bond acceptors (Lipinski definition) is 3. The van der Waals surface area contributed by atoms with Crippen molar-refractivity contribution in [3.8, 4) is 11.8 Å². The zero-order valence-electron chi connectivity index (χ0n) is 12.8. The summed E-state index contributed by atoms with van der Waals surface area (Å²) in [6.45, 7) is 1.99. The van der Waals surface area contributed by atoms with Crippen LogP contribution in [-0.2, 0) is 20.5 Å². The van der Waals surface area contributed by atoms with Crippen LogP contribution in [-0.4, -0.2) is 19.3 Å². The fraction of sp³-hybridized carbons (Fsp3) is 0.235. The van der Waals surface area contributed by atoms with Gasteiger partial charge in [-0.25, -0.2) is 4.98 Å². The van der Waals surface area contributed by atoms with E-state index >= 15 is 0 Å². The molecule has 0 atom stereocenters. The quantitative estimate of drug-likeness (QED) is 0.641. The maximum Gasteiger partial charge on any atom is 0.262 e. The minimum Gasteiger partial charge on any atom is -0.299 e. The molecule has 0 aliphatic heterocycles. The molecule has 2 heterocycles. The van der Waals surface area contributed by atoms with Gasteiger partial charge in [-0.3, -0.25) is 14.0 Å². The van der Waals surface area contributed by atoms with Gasteiger partial charge in [-0.15, -0.1) is 0 Å². The Morgan fingerprint density at radius 2 is 2.05 bits per heavy atom. The van der Waals surface area contributed by atoms with E-state index in [2.05, 4.69) is 21.9 Å². The second-order valence-electron chi connectivity index (χ2n) is 5.10. The van der Waals surface area contributed by atoms with Crippen molar-refractivity contribution in [3.05, 3.63) is 57.9 Å². The molecule has 5 nitrogen and oxygen atoms in total. The lowest BCUT2D eigenvalue weighted by Gasteiger charge is -2.08. The van der Waals surface area contributed by atoms with Crippen LogP contribution in [0, 0.1) is 11.8 Å². The zero-order valence-corrected chi connectivity index (χ0v) is 12.8. The number of aryl methyl sites for hydroxylation is 2. The Morgan fingerprint density at radius 3 is 2.73 bits per heavy atom. The molecule has 0 aliphatic carbocycles. The molecular formula is C17H16N4O. The fourth-order valence-corrected chi connectivity index (χ4v) is 2.40. The Kier molecular flexibility index (Phi) is 3.51. The van der Waals surface area contributed by atoms with E-state index < -0.39 is 0 Å². The van der Waals surface area contributed by atoms with E-state index in [1.165, 1.54) is 0 Å². The monoisotopic (exact) mass is 292 g/mol. The SMILES string of the molecule is CCc1nc2cccc(C#Cc3cnn(C)c3)c2c(=O)n1C. The van der Waals surface area contributed by atoms with Gasteiger partial charge in [-0.05, 0) is 12.1 Å². The van der Waals surface area contributed by atoms with Crippen molar-refractivity contribution in [2.24, 2.45) is 14.1 Å². The van der Waals surface area contributed by atoms with Gasteiger partial charge in [-0.1, -0.05) is 24.8 Å². The van der Waals surface area contributed by atoms with E-state index in [1.54, 1.807) is 22.5 Å². The van der Waals surface area contributed by atoms with Gasteiger partial charge in [0.1, 0.15) is 5.82 Å². The molecule has 0 bridgehead atoms. The minimum absolute atomic E-state index is 0.0575. The summed E-state index contributed by atoms with van der Waals surface area (Å²) in [5.74, 6) is 6.88. The van der Waals surface area contributed by atoms with Crippen LogP contribution in [0.5, 0.6) is 0 Å². The number of nitrogens with zero attached hydrogens (tertiary/aromatic N) is 4. The summed E-state index contributed by atoms with van der Waals surface area (Å²) in [5.41, 5.74) is 2.14. The van der Waals surface area contributed by atoms with Gasteiger partial charge >= 0.3 is 0 Å². The van der Waals surface area contributed by atoms with Crippen LogP contribution in [0.1, 0.15) is 23.9 Å². The van der Waals surface area contributed by atoms with Gasteiger partial charge in [0.05, 0.1) is 22.7 Å². The maximum absolute atomic E-state index is 12.6. The third kappa shape index (κ3) is 2.40. The normalized spacial score (nSPS) is 10.5. The number of rotatable bonds is 1. The van der Waals surface area contributed by atoms with Crippen molar-refractivity contribution in [1.82, 2.24) is 19.3 Å². The van der Waals surface area contributed by atoms with Crippen LogP contribution < -0.4 is 5.56 Å². The van der Waals surface area contributed by atoms with Crippen molar-refractivity contribution in [1.29, 1.82) is 0 Å². The summed E-state index contributed by atoms with van der Waals surface area (Å²) in [6, 6.07) is 5.58. The molecule has 2 aromatic heterocycles. The van der Waals surface area contributed by atoms with Crippen molar-refractivity contribution in [2.75, 3.05) is 0 Å². The lowest BCUT2D eigenvalue weighted by molar-refractivity contribution is 0.752. The highest BCUT2D eigenvalue weighted by molar-refractivity contribution is 5.84. The van der Waals surface area contributed by atoms with Gasteiger partial charge in [0, 0.05) is 32.3 Å². The highest BCUT2D eigenvalue weighted by atomic mass is 16.1. The topological polar surface area (TPSA) is 52.7 Å². The number of hydrogen-bond donors (Lipinski definition) is 0. The predicted molar refractivity (Wildman–Crippen MR) is 85.6 cm³/mol. The van der Waals surface area contributed by atoms with Crippen LogP contribution >= 0.6 is 0 Å². The first kappa shape index (κ1) is 14.1. The molecule has 0 saturated heterocycles. The predicted octanol–water partition coefficient (Wildman–Crippen LogP) is 1.63. The Hall–Kier alpha value is -2.87. The van der Waals surface area contributed by atoms with E-state index in [0.29, 0.717) is 22.9 Å². The Labute approximate surface area is 128 Å². The molecule has 0 unspecified atom stereocenters. The zero-order chi connectivity index (χ0) is 15.7. The smallest absolute Gasteiger partial charge is 0.262 e. The summed E-state index contributed by atoms with van der Waals surface area (Å²) in [5, 5.41) is 4.65. The molecule has 0 radical (unpaired) electrons. The number of benzene rings is 1. The van der Waals surface area contributed by atoms with Crippen LogP contribution in [0.2, 0.25) is 0 Å². The van der Waals surface area contributed by atoms with E-state index in [4.69, 9.17) is 0 Å². The third-order valence-electron chi connectivity index (χ3n) is 3.56. The standard InChI is InChI=1S/C17H16N4O/c1-4-15-19-14-7-5-6-13(16(14)17(22)21(15)3)9-8-12-10-18-20(2)11-12/h5-7,10-11H,4H2,1-3H3. The number of fused-ring (bicyclic) bond motifs is 1. The summed E-state index contributed by atoms with van der Waals surface area (Å²) in [6.07, 6.45) is 4.25. The maximum atomic E-state index is 12.6. The van der Waals surface area contributed by atoms with Gasteiger partial charge in [-0.2, -0.15) is 5.10 Å². The van der Waals surface area contributed by atoms with E-state index in [-0.39, 0.29) is 5.56 Å². The highest BCUT2D eigenvalue weighted by Crippen LogP contribution is 2.13. The van der Waals surface area contributed by atoms with E-state index in [0.717, 1.165) is 11.4 Å². The molecular weight excluding hydrogens is 276 g/mol. The van der Waals surface area contributed by atoms with Gasteiger partial charge < -0.3 is 0 Å². The van der Waals surface area contributed by atoms with Crippen molar-refractivity contribution >= 4 is 10.9 Å². The van der Waals surface area contributed by atoms with Crippen LogP contribution in [0.3, 0.4) is 0 Å². The lowest BCUT2D eigenvalue weighted by atomic mass is 10.1. The second-order valence-corrected chi connectivity index (χ2v) is 5.10. The molecule has 3 rings (SSSR count). The van der Waals surface area contributed by atoms with E-state index in [1.807, 2.05) is 38.4 Å². The molecule has 0 amide bonds. The Bertz CT molecular complexity index is 970. The van der Waals surface area contributed by atoms with Gasteiger partial charge in [0.25, 0.3) is 5.56 Å². The summed E-state index contributed by atoms with van der Waals surface area (Å²) < 4.78 is 3.29. The first-order valence-electron chi connectivity index (χ1n) is 7.09. The lowest BCUT2D eigenvalue weighted by Crippen LogP contribution is -2.22. The molecule has 0 saturated carbocycles. The van der Waals surface area contributed by atoms with Crippen LogP contribution in [0.25, 0.3) is 10.9 Å². The summed E-state index contributed by atoms with van der Waals surface area (Å²) in [4.78, 5) is 17.1. The Balaban J connectivity index is 2.21. The second kappa shape index (κ2) is 5.49. The molecule has 0 spiro atoms. The van der Waals surface area contributed by atoms with E-state index in [9.17, 15) is 4.79 Å². The first-order chi connectivity index (χ1) is 10.6. The number of aromatic nitrogens is 4. The van der Waals surface area contributed by atoms with Gasteiger partial charge in [0.15, 0.2) is 0 Å². The van der Waals surface area contributed by atoms with Crippen LogP contribution in [0.4, 0.5) is 0 Å². The molecule has 5 heteroatoms. The summed E-state index contributed by atoms with van der Waals surface area (Å²) >= 11 is 0.